The summed E-state index contributed by atoms with van der Waals surface area (Å²) in [6.07, 6.45) is 14.2. The van der Waals surface area contributed by atoms with Gasteiger partial charge in [-0.3, -0.25) is 4.48 Å². The summed E-state index contributed by atoms with van der Waals surface area (Å²) >= 11 is 0. The van der Waals surface area contributed by atoms with E-state index in [0.717, 1.165) is 4.48 Å². The minimum atomic E-state index is 0. The maximum atomic E-state index is 2.35. The Balaban J connectivity index is 0.00000576. The van der Waals surface area contributed by atoms with Gasteiger partial charge in [-0.15, -0.1) is 0 Å². The Labute approximate surface area is 157 Å². The zero-order valence-electron chi connectivity index (χ0n) is 17.4. The van der Waals surface area contributed by atoms with Crippen molar-refractivity contribution in [1.82, 2.24) is 4.48 Å². The largest absolute Gasteiger partial charge is 0.870 e. The third kappa shape index (κ3) is 8.37. The van der Waals surface area contributed by atoms with Crippen LogP contribution in [0.5, 0.6) is 0 Å². The summed E-state index contributed by atoms with van der Waals surface area (Å²) in [6, 6.07) is 8.99. The van der Waals surface area contributed by atoms with Crippen molar-refractivity contribution in [3.8, 4) is 0 Å². The SMILES string of the molecule is CCCCCCCCCCCC[N+](CC)(CC)c1ccccc1C.[OH-]. The molecule has 0 spiro atoms. The van der Waals surface area contributed by atoms with Gasteiger partial charge in [0.05, 0.1) is 19.6 Å². The highest BCUT2D eigenvalue weighted by Gasteiger charge is 2.27. The monoisotopic (exact) mass is 349 g/mol. The number of hydrogen-bond donors (Lipinski definition) is 0. The number of quaternary nitrogens is 1. The van der Waals surface area contributed by atoms with E-state index in [-0.39, 0.29) is 5.48 Å². The first-order valence-corrected chi connectivity index (χ1v) is 10.6. The van der Waals surface area contributed by atoms with Gasteiger partial charge in [-0.05, 0) is 39.7 Å². The molecule has 0 heterocycles. The Morgan fingerprint density at radius 2 is 1.16 bits per heavy atom. The number of nitrogens with zero attached hydrogens (tertiary/aromatic N) is 1. The van der Waals surface area contributed by atoms with Crippen LogP contribution in [0, 0.1) is 6.92 Å². The van der Waals surface area contributed by atoms with Gasteiger partial charge in [0.15, 0.2) is 0 Å². The summed E-state index contributed by atoms with van der Waals surface area (Å²) in [4.78, 5) is 0. The molecule has 0 radical (unpaired) electrons. The highest BCUT2D eigenvalue weighted by molar-refractivity contribution is 5.49. The van der Waals surface area contributed by atoms with Crippen LogP contribution in [0.25, 0.3) is 0 Å². The molecule has 2 nitrogen and oxygen atoms in total. The molecule has 0 bridgehead atoms. The quantitative estimate of drug-likeness (QED) is 0.260. The predicted molar refractivity (Wildman–Crippen MR) is 113 cm³/mol. The van der Waals surface area contributed by atoms with Crippen molar-refractivity contribution < 1.29 is 5.48 Å². The van der Waals surface area contributed by atoms with Crippen LogP contribution < -0.4 is 4.48 Å². The first-order valence-electron chi connectivity index (χ1n) is 10.6. The van der Waals surface area contributed by atoms with Crippen molar-refractivity contribution in [1.29, 1.82) is 0 Å². The van der Waals surface area contributed by atoms with E-state index in [9.17, 15) is 0 Å². The van der Waals surface area contributed by atoms with Crippen LogP contribution in [-0.2, 0) is 0 Å². The van der Waals surface area contributed by atoms with Crippen molar-refractivity contribution >= 4 is 5.69 Å². The molecular formula is C23H43NO. The van der Waals surface area contributed by atoms with Crippen LogP contribution in [0.1, 0.15) is 90.5 Å². The van der Waals surface area contributed by atoms with E-state index in [2.05, 4.69) is 52.0 Å². The first kappa shape index (κ1) is 24.1. The van der Waals surface area contributed by atoms with Crippen LogP contribution in [-0.4, -0.2) is 25.1 Å². The zero-order valence-corrected chi connectivity index (χ0v) is 17.4. The molecule has 146 valence electrons. The lowest BCUT2D eigenvalue weighted by atomic mass is 10.1. The highest BCUT2D eigenvalue weighted by atomic mass is 16.0. The minimum Gasteiger partial charge on any atom is -0.870 e. The standard InChI is InChI=1S/C23H42N.H2O/c1-5-8-9-10-11-12-13-14-15-18-21-24(6-2,7-3)23-20-17-16-19-22(23)4;/h16-17,19-20H,5-15,18,21H2,1-4H3;1H2/q+1;/p-1. The molecule has 0 aliphatic carbocycles. The Kier molecular flexibility index (Phi) is 13.8. The second-order valence-electron chi connectivity index (χ2n) is 7.47. The normalized spacial score (nSPS) is 11.4. The first-order chi connectivity index (χ1) is 11.7. The van der Waals surface area contributed by atoms with Gasteiger partial charge in [0.1, 0.15) is 5.69 Å². The average Bonchev–Trinajstić information content (AvgIpc) is 2.61. The van der Waals surface area contributed by atoms with E-state index in [1.807, 2.05) is 0 Å². The second-order valence-corrected chi connectivity index (χ2v) is 7.47. The molecule has 0 aliphatic rings. The Hall–Kier alpha value is -0.860. The van der Waals surface area contributed by atoms with E-state index in [1.54, 1.807) is 5.69 Å². The predicted octanol–water partition coefficient (Wildman–Crippen LogP) is 7.09. The summed E-state index contributed by atoms with van der Waals surface area (Å²) < 4.78 is 1.16. The van der Waals surface area contributed by atoms with Gasteiger partial charge in [-0.2, -0.15) is 0 Å². The number of hydrogen-bond acceptors (Lipinski definition) is 1. The number of benzene rings is 1. The molecule has 0 atom stereocenters. The van der Waals surface area contributed by atoms with Gasteiger partial charge >= 0.3 is 0 Å². The van der Waals surface area contributed by atoms with E-state index in [4.69, 9.17) is 0 Å². The molecule has 0 unspecified atom stereocenters. The number of aryl methyl sites for hydroxylation is 1. The maximum Gasteiger partial charge on any atom is 0.135 e. The number of para-hydroxylation sites is 1. The average molecular weight is 350 g/mol. The molecule has 0 fully saturated rings. The third-order valence-corrected chi connectivity index (χ3v) is 5.78. The fourth-order valence-corrected chi connectivity index (χ4v) is 4.00. The smallest absolute Gasteiger partial charge is 0.135 e. The molecule has 2 heteroatoms. The Bertz CT molecular complexity index is 426. The topological polar surface area (TPSA) is 30.0 Å². The molecule has 25 heavy (non-hydrogen) atoms. The van der Waals surface area contributed by atoms with E-state index in [1.165, 1.54) is 89.4 Å². The van der Waals surface area contributed by atoms with Crippen LogP contribution in [0.15, 0.2) is 24.3 Å². The van der Waals surface area contributed by atoms with Crippen molar-refractivity contribution in [2.45, 2.75) is 91.9 Å². The fraction of sp³-hybridized carbons (Fsp3) is 0.739. The lowest BCUT2D eigenvalue weighted by molar-refractivity contribution is 0.290. The zero-order chi connectivity index (χ0) is 17.7. The molecule has 1 rings (SSSR count). The molecule has 1 aromatic carbocycles. The number of rotatable bonds is 14. The summed E-state index contributed by atoms with van der Waals surface area (Å²) in [6.45, 7) is 13.0. The molecule has 0 saturated heterocycles. The summed E-state index contributed by atoms with van der Waals surface area (Å²) in [5.74, 6) is 0. The molecule has 0 aromatic heterocycles. The Morgan fingerprint density at radius 3 is 1.64 bits per heavy atom. The van der Waals surface area contributed by atoms with Gasteiger partial charge in [-0.1, -0.05) is 76.5 Å². The summed E-state index contributed by atoms with van der Waals surface area (Å²) in [7, 11) is 0. The summed E-state index contributed by atoms with van der Waals surface area (Å²) in [5, 5.41) is 0. The van der Waals surface area contributed by atoms with Gasteiger partial charge in [0, 0.05) is 5.56 Å². The van der Waals surface area contributed by atoms with E-state index >= 15 is 0 Å². The molecule has 0 amide bonds. The summed E-state index contributed by atoms with van der Waals surface area (Å²) in [5.41, 5.74) is 2.99. The fourth-order valence-electron chi connectivity index (χ4n) is 4.00. The van der Waals surface area contributed by atoms with E-state index in [0.29, 0.717) is 0 Å². The van der Waals surface area contributed by atoms with E-state index < -0.39 is 0 Å². The van der Waals surface area contributed by atoms with Gasteiger partial charge in [0.2, 0.25) is 0 Å². The van der Waals surface area contributed by atoms with Crippen LogP contribution in [0.3, 0.4) is 0 Å². The van der Waals surface area contributed by atoms with Crippen molar-refractivity contribution in [2.75, 3.05) is 19.6 Å². The molecule has 0 aliphatic heterocycles. The molecular weight excluding hydrogens is 306 g/mol. The Morgan fingerprint density at radius 1 is 0.680 bits per heavy atom. The maximum absolute atomic E-state index is 2.35. The van der Waals surface area contributed by atoms with Gasteiger partial charge in [0.25, 0.3) is 0 Å². The second kappa shape index (κ2) is 14.3. The lowest BCUT2D eigenvalue weighted by Gasteiger charge is -2.37. The van der Waals surface area contributed by atoms with Gasteiger partial charge in [-0.25, -0.2) is 0 Å². The molecule has 1 N–H and O–H groups in total. The van der Waals surface area contributed by atoms with Crippen LogP contribution >= 0.6 is 0 Å². The lowest BCUT2D eigenvalue weighted by Crippen LogP contribution is -2.50. The minimum absolute atomic E-state index is 0. The van der Waals surface area contributed by atoms with Gasteiger partial charge < -0.3 is 5.48 Å². The molecule has 0 saturated carbocycles. The van der Waals surface area contributed by atoms with Crippen molar-refractivity contribution in [2.24, 2.45) is 0 Å². The third-order valence-electron chi connectivity index (χ3n) is 5.78. The van der Waals surface area contributed by atoms with Crippen LogP contribution in [0.4, 0.5) is 5.69 Å². The number of unbranched alkanes of at least 4 members (excludes halogenated alkanes) is 9. The molecule has 1 aromatic rings. The van der Waals surface area contributed by atoms with Crippen molar-refractivity contribution in [3.63, 3.8) is 0 Å². The van der Waals surface area contributed by atoms with Crippen molar-refractivity contribution in [3.05, 3.63) is 29.8 Å². The highest BCUT2D eigenvalue weighted by Crippen LogP contribution is 2.27. The van der Waals surface area contributed by atoms with Crippen LogP contribution in [0.2, 0.25) is 0 Å².